The molecule has 5 heteroatoms. The van der Waals surface area contributed by atoms with Gasteiger partial charge in [0.2, 0.25) is 0 Å². The van der Waals surface area contributed by atoms with Crippen LogP contribution in [0.5, 0.6) is 0 Å². The van der Waals surface area contributed by atoms with Crippen LogP contribution in [-0.2, 0) is 22.1 Å². The van der Waals surface area contributed by atoms with Gasteiger partial charge in [0.1, 0.15) is 11.0 Å². The highest BCUT2D eigenvalue weighted by atomic mass is 79.9. The van der Waals surface area contributed by atoms with E-state index in [-0.39, 0.29) is 10.2 Å². The summed E-state index contributed by atoms with van der Waals surface area (Å²) in [7, 11) is 0.578. The number of rotatable bonds is 3. The highest BCUT2D eigenvalue weighted by Crippen LogP contribution is 2.51. The number of benzene rings is 1. The Morgan fingerprint density at radius 1 is 1.38 bits per heavy atom. The number of halogens is 1. The summed E-state index contributed by atoms with van der Waals surface area (Å²) in [6.07, 6.45) is 5.60. The Labute approximate surface area is 168 Å². The molecule has 0 aliphatic heterocycles. The lowest BCUT2D eigenvalue weighted by atomic mass is 9.65. The number of hydrogen-bond donors (Lipinski definition) is 0. The Morgan fingerprint density at radius 3 is 2.73 bits per heavy atom. The van der Waals surface area contributed by atoms with E-state index in [0.717, 1.165) is 42.3 Å². The second-order valence-electron chi connectivity index (χ2n) is 8.75. The fraction of sp³-hybridized carbons (Fsp3) is 0.667. The molecule has 3 rings (SSSR count). The van der Waals surface area contributed by atoms with E-state index in [4.69, 9.17) is 9.13 Å². The lowest BCUT2D eigenvalue weighted by Gasteiger charge is -2.42. The molecular formula is C21H30BrNO2S. The second-order valence-corrected chi connectivity index (χ2v) is 11.6. The van der Waals surface area contributed by atoms with Gasteiger partial charge in [0.25, 0.3) is 0 Å². The van der Waals surface area contributed by atoms with Crippen LogP contribution in [0.15, 0.2) is 27.1 Å². The summed E-state index contributed by atoms with van der Waals surface area (Å²) >= 11 is 3.61. The zero-order chi connectivity index (χ0) is 19.1. The maximum absolute atomic E-state index is 12.9. The summed E-state index contributed by atoms with van der Waals surface area (Å²) in [4.78, 5) is 0. The second kappa shape index (κ2) is 7.48. The predicted molar refractivity (Wildman–Crippen MR) is 113 cm³/mol. The third-order valence-electron chi connectivity index (χ3n) is 5.97. The number of hydrogen-bond acceptors (Lipinski definition) is 2. The molecule has 1 fully saturated rings. The van der Waals surface area contributed by atoms with Gasteiger partial charge in [-0.05, 0) is 70.1 Å². The summed E-state index contributed by atoms with van der Waals surface area (Å²) in [5, 5.41) is 0. The Balaban J connectivity index is 2.07. The largest absolute Gasteiger partial charge is 0.381 e. The average molecular weight is 440 g/mol. The molecule has 2 aliphatic rings. The molecule has 0 unspecified atom stereocenters. The molecule has 0 N–H and O–H groups in total. The van der Waals surface area contributed by atoms with E-state index in [1.54, 1.807) is 0 Å². The van der Waals surface area contributed by atoms with Crippen LogP contribution >= 0.6 is 15.9 Å². The molecule has 144 valence electrons. The molecule has 4 atom stereocenters. The van der Waals surface area contributed by atoms with Gasteiger partial charge in [0.15, 0.2) is 0 Å². The standard InChI is InChI=1S/C21H30BrNO2S/c1-6-14-12-21(10-9-18(14)25-5)13-15-7-8-16(22)11-17(15)19(21)23-26(24)20(2,3)4/h7-8,11,14,18H,6,9-10,12-13H2,1-5H3/b23-19-/t14-,18-,21-,26+/m1/s1. The summed E-state index contributed by atoms with van der Waals surface area (Å²) in [6.45, 7) is 8.23. The van der Waals surface area contributed by atoms with Crippen molar-refractivity contribution in [1.29, 1.82) is 0 Å². The van der Waals surface area contributed by atoms with Crippen molar-refractivity contribution in [2.75, 3.05) is 7.11 Å². The molecule has 0 amide bonds. The van der Waals surface area contributed by atoms with Gasteiger partial charge in [0, 0.05) is 22.6 Å². The van der Waals surface area contributed by atoms with E-state index < -0.39 is 11.0 Å². The van der Waals surface area contributed by atoms with Crippen LogP contribution in [0.3, 0.4) is 0 Å². The molecule has 1 aromatic carbocycles. The first kappa shape index (κ1) is 20.2. The molecule has 26 heavy (non-hydrogen) atoms. The van der Waals surface area contributed by atoms with Gasteiger partial charge in [-0.15, -0.1) is 0 Å². The molecule has 0 heterocycles. The van der Waals surface area contributed by atoms with Gasteiger partial charge in [-0.25, -0.2) is 4.21 Å². The van der Waals surface area contributed by atoms with Gasteiger partial charge in [0.05, 0.1) is 16.6 Å². The minimum Gasteiger partial charge on any atom is -0.381 e. The van der Waals surface area contributed by atoms with Crippen molar-refractivity contribution in [1.82, 2.24) is 0 Å². The van der Waals surface area contributed by atoms with E-state index in [1.165, 1.54) is 11.1 Å². The zero-order valence-electron chi connectivity index (χ0n) is 16.5. The minimum atomic E-state index is -1.25. The molecule has 1 saturated carbocycles. The SMILES string of the molecule is CC[C@@H]1C[C@]2(CC[C@H]1OC)Cc1ccc(Br)cc1/C2=N/[S@@](=O)C(C)(C)C. The van der Waals surface area contributed by atoms with Crippen molar-refractivity contribution in [2.24, 2.45) is 15.7 Å². The molecule has 0 bridgehead atoms. The van der Waals surface area contributed by atoms with Gasteiger partial charge in [-0.3, -0.25) is 0 Å². The third kappa shape index (κ3) is 3.72. The molecule has 3 nitrogen and oxygen atoms in total. The highest BCUT2D eigenvalue weighted by Gasteiger charge is 2.49. The number of fused-ring (bicyclic) bond motifs is 1. The van der Waals surface area contributed by atoms with Crippen molar-refractivity contribution >= 4 is 32.6 Å². The summed E-state index contributed by atoms with van der Waals surface area (Å²) in [6, 6.07) is 6.47. The van der Waals surface area contributed by atoms with Gasteiger partial charge < -0.3 is 4.74 Å². The van der Waals surface area contributed by atoms with Crippen molar-refractivity contribution in [3.63, 3.8) is 0 Å². The normalized spacial score (nSPS) is 31.4. The minimum absolute atomic E-state index is 0.000255. The van der Waals surface area contributed by atoms with Crippen molar-refractivity contribution in [3.05, 3.63) is 33.8 Å². The first-order valence-electron chi connectivity index (χ1n) is 9.53. The molecule has 0 saturated heterocycles. The predicted octanol–water partition coefficient (Wildman–Crippen LogP) is 5.47. The average Bonchev–Trinajstić information content (AvgIpc) is 2.86. The van der Waals surface area contributed by atoms with E-state index in [1.807, 2.05) is 27.9 Å². The molecular weight excluding hydrogens is 410 g/mol. The lowest BCUT2D eigenvalue weighted by Crippen LogP contribution is -2.41. The maximum atomic E-state index is 12.9. The smallest absolute Gasteiger partial charge is 0.145 e. The van der Waals surface area contributed by atoms with Crippen LogP contribution < -0.4 is 0 Å². The number of ether oxygens (including phenoxy) is 1. The van der Waals surface area contributed by atoms with Crippen LogP contribution in [0.1, 0.15) is 64.5 Å². The first-order chi connectivity index (χ1) is 12.2. The summed E-state index contributed by atoms with van der Waals surface area (Å²) in [5.41, 5.74) is 3.58. The topological polar surface area (TPSA) is 38.7 Å². The van der Waals surface area contributed by atoms with Crippen LogP contribution in [0.2, 0.25) is 0 Å². The number of methoxy groups -OCH3 is 1. The van der Waals surface area contributed by atoms with Crippen molar-refractivity contribution in [2.45, 2.75) is 70.7 Å². The van der Waals surface area contributed by atoms with Crippen LogP contribution in [0.4, 0.5) is 0 Å². The fourth-order valence-electron chi connectivity index (χ4n) is 4.51. The van der Waals surface area contributed by atoms with Gasteiger partial charge >= 0.3 is 0 Å². The fourth-order valence-corrected chi connectivity index (χ4v) is 5.60. The van der Waals surface area contributed by atoms with Gasteiger partial charge in [-0.2, -0.15) is 4.40 Å². The third-order valence-corrected chi connectivity index (χ3v) is 7.86. The Bertz CT molecular complexity index is 740. The van der Waals surface area contributed by atoms with Crippen molar-refractivity contribution < 1.29 is 8.95 Å². The first-order valence-corrected chi connectivity index (χ1v) is 11.4. The molecule has 0 aromatic heterocycles. The van der Waals surface area contributed by atoms with E-state index in [2.05, 4.69) is 41.1 Å². The van der Waals surface area contributed by atoms with E-state index in [9.17, 15) is 4.21 Å². The number of nitrogens with zero attached hydrogens (tertiary/aromatic N) is 1. The molecule has 0 radical (unpaired) electrons. The molecule has 2 aliphatic carbocycles. The van der Waals surface area contributed by atoms with E-state index in [0.29, 0.717) is 12.0 Å². The maximum Gasteiger partial charge on any atom is 0.145 e. The quantitative estimate of drug-likeness (QED) is 0.625. The van der Waals surface area contributed by atoms with Crippen LogP contribution in [-0.4, -0.2) is 27.9 Å². The van der Waals surface area contributed by atoms with Crippen molar-refractivity contribution in [3.8, 4) is 0 Å². The molecule has 1 spiro atoms. The molecule has 1 aromatic rings. The highest BCUT2D eigenvalue weighted by molar-refractivity contribution is 9.10. The lowest BCUT2D eigenvalue weighted by molar-refractivity contribution is -0.00383. The van der Waals surface area contributed by atoms with Crippen LogP contribution in [0.25, 0.3) is 0 Å². The van der Waals surface area contributed by atoms with Gasteiger partial charge in [-0.1, -0.05) is 35.3 Å². The summed E-state index contributed by atoms with van der Waals surface area (Å²) in [5.74, 6) is 0.528. The Kier molecular flexibility index (Phi) is 5.82. The monoisotopic (exact) mass is 439 g/mol. The zero-order valence-corrected chi connectivity index (χ0v) is 18.9. The Hall–Kier alpha value is -0.520. The summed E-state index contributed by atoms with van der Waals surface area (Å²) < 4.78 is 24.2. The van der Waals surface area contributed by atoms with Crippen LogP contribution in [0, 0.1) is 11.3 Å². The Morgan fingerprint density at radius 2 is 2.12 bits per heavy atom. The van der Waals surface area contributed by atoms with E-state index >= 15 is 0 Å².